The summed E-state index contributed by atoms with van der Waals surface area (Å²) >= 11 is 0. The van der Waals surface area contributed by atoms with E-state index in [2.05, 4.69) is 35.7 Å². The summed E-state index contributed by atoms with van der Waals surface area (Å²) in [6, 6.07) is 4.20. The third-order valence-corrected chi connectivity index (χ3v) is 4.84. The number of hydrogen-bond acceptors (Lipinski definition) is 4. The average molecular weight is 359 g/mol. The molecule has 26 heavy (non-hydrogen) atoms. The van der Waals surface area contributed by atoms with Crippen molar-refractivity contribution in [2.75, 3.05) is 13.6 Å². The smallest absolute Gasteiger partial charge is 0.191 e. The van der Waals surface area contributed by atoms with Gasteiger partial charge >= 0.3 is 0 Å². The van der Waals surface area contributed by atoms with Crippen LogP contribution in [0.4, 0.5) is 0 Å². The Morgan fingerprint density at radius 1 is 1.54 bits per heavy atom. The third kappa shape index (κ3) is 4.09. The highest BCUT2D eigenvalue weighted by atomic mass is 16.4. The minimum Gasteiger partial charge on any atom is -0.466 e. The zero-order valence-corrected chi connectivity index (χ0v) is 16.0. The van der Waals surface area contributed by atoms with Gasteiger partial charge < -0.3 is 20.2 Å². The maximum Gasteiger partial charge on any atom is 0.191 e. The molecule has 0 bridgehead atoms. The van der Waals surface area contributed by atoms with Crippen molar-refractivity contribution in [1.29, 1.82) is 0 Å². The summed E-state index contributed by atoms with van der Waals surface area (Å²) in [6.07, 6.45) is 6.66. The van der Waals surface area contributed by atoms with Gasteiger partial charge in [-0.25, -0.2) is 0 Å². The van der Waals surface area contributed by atoms with Crippen LogP contribution in [0.5, 0.6) is 0 Å². The molecule has 0 radical (unpaired) electrons. The van der Waals surface area contributed by atoms with Gasteiger partial charge in [0, 0.05) is 31.7 Å². The van der Waals surface area contributed by atoms with Crippen LogP contribution in [0.2, 0.25) is 0 Å². The summed E-state index contributed by atoms with van der Waals surface area (Å²) in [7, 11) is 1.73. The van der Waals surface area contributed by atoms with Crippen LogP contribution < -0.4 is 10.6 Å². The van der Waals surface area contributed by atoms with Gasteiger partial charge in [-0.1, -0.05) is 0 Å². The first-order valence-electron chi connectivity index (χ1n) is 9.19. The van der Waals surface area contributed by atoms with Crippen LogP contribution in [-0.4, -0.2) is 40.5 Å². The molecule has 0 saturated heterocycles. The lowest BCUT2D eigenvalue weighted by Crippen LogP contribution is -2.49. The molecule has 2 unspecified atom stereocenters. The van der Waals surface area contributed by atoms with E-state index in [9.17, 15) is 5.11 Å². The molecule has 0 saturated carbocycles. The predicted octanol–water partition coefficient (Wildman–Crippen LogP) is 1.99. The van der Waals surface area contributed by atoms with E-state index >= 15 is 0 Å². The Balaban J connectivity index is 1.57. The summed E-state index contributed by atoms with van der Waals surface area (Å²) in [5.74, 6) is 1.20. The number of nitrogens with zero attached hydrogens (tertiary/aromatic N) is 3. The molecule has 0 amide bonds. The number of fused-ring (bicyclic) bond motifs is 1. The quantitative estimate of drug-likeness (QED) is 0.561. The molecular formula is C19H29N5O2. The van der Waals surface area contributed by atoms with Gasteiger partial charge in [-0.3, -0.25) is 9.67 Å². The first kappa shape index (κ1) is 18.5. The molecule has 142 valence electrons. The van der Waals surface area contributed by atoms with Crippen LogP contribution >= 0.6 is 0 Å². The highest BCUT2D eigenvalue weighted by molar-refractivity contribution is 5.80. The van der Waals surface area contributed by atoms with Crippen molar-refractivity contribution >= 4 is 5.96 Å². The topological polar surface area (TPSA) is 87.6 Å². The van der Waals surface area contributed by atoms with Crippen molar-refractivity contribution in [3.05, 3.63) is 41.6 Å². The van der Waals surface area contributed by atoms with E-state index in [1.165, 1.54) is 11.3 Å². The van der Waals surface area contributed by atoms with Gasteiger partial charge in [-0.2, -0.15) is 5.10 Å². The molecule has 7 heteroatoms. The molecule has 3 N–H and O–H groups in total. The highest BCUT2D eigenvalue weighted by Crippen LogP contribution is 2.22. The van der Waals surface area contributed by atoms with Gasteiger partial charge in [0.1, 0.15) is 11.4 Å². The van der Waals surface area contributed by atoms with Crippen LogP contribution in [0.15, 0.2) is 34.0 Å². The molecule has 2 aromatic rings. The summed E-state index contributed by atoms with van der Waals surface area (Å²) in [5, 5.41) is 21.9. The number of aryl methyl sites for hydroxylation is 1. The maximum atomic E-state index is 10.6. The standard InChI is InChI=1S/C19H29N5O2/c1-13(2)24-11-14-7-8-15(10-16(14)23-24)22-18(20-4)21-12-19(3,25)17-6-5-9-26-17/h5-6,9,11,13,15,25H,7-8,10,12H2,1-4H3,(H2,20,21,22). The molecule has 0 fully saturated rings. The summed E-state index contributed by atoms with van der Waals surface area (Å²) in [6.45, 7) is 6.31. The van der Waals surface area contributed by atoms with Crippen LogP contribution in [0.25, 0.3) is 0 Å². The molecule has 7 nitrogen and oxygen atoms in total. The molecule has 3 rings (SSSR count). The number of hydrogen-bond donors (Lipinski definition) is 3. The lowest BCUT2D eigenvalue weighted by molar-refractivity contribution is 0.0385. The van der Waals surface area contributed by atoms with Crippen molar-refractivity contribution < 1.29 is 9.52 Å². The third-order valence-electron chi connectivity index (χ3n) is 4.84. The van der Waals surface area contributed by atoms with Crippen molar-refractivity contribution in [3.8, 4) is 0 Å². The van der Waals surface area contributed by atoms with Gasteiger partial charge in [-0.15, -0.1) is 0 Å². The van der Waals surface area contributed by atoms with Crippen LogP contribution in [0.1, 0.15) is 50.3 Å². The van der Waals surface area contributed by atoms with Crippen LogP contribution in [-0.2, 0) is 18.4 Å². The molecule has 2 atom stereocenters. The van der Waals surface area contributed by atoms with E-state index in [4.69, 9.17) is 9.52 Å². The number of aromatic nitrogens is 2. The zero-order chi connectivity index (χ0) is 18.7. The Kier molecular flexibility index (Phi) is 5.36. The number of aliphatic hydroxyl groups is 1. The van der Waals surface area contributed by atoms with Gasteiger partial charge in [0.2, 0.25) is 0 Å². The highest BCUT2D eigenvalue weighted by Gasteiger charge is 2.27. The van der Waals surface area contributed by atoms with E-state index < -0.39 is 5.60 Å². The Morgan fingerprint density at radius 2 is 2.35 bits per heavy atom. The monoisotopic (exact) mass is 359 g/mol. The van der Waals surface area contributed by atoms with Crippen molar-refractivity contribution in [2.45, 2.75) is 57.7 Å². The zero-order valence-electron chi connectivity index (χ0n) is 16.0. The van der Waals surface area contributed by atoms with Gasteiger partial charge in [0.05, 0.1) is 18.5 Å². The summed E-state index contributed by atoms with van der Waals surface area (Å²) in [4.78, 5) is 4.28. The van der Waals surface area contributed by atoms with Crippen molar-refractivity contribution in [1.82, 2.24) is 20.4 Å². The second-order valence-electron chi connectivity index (χ2n) is 7.44. The minimum atomic E-state index is -1.10. The van der Waals surface area contributed by atoms with E-state index in [1.807, 2.05) is 4.68 Å². The number of aliphatic imine (C=N–C) groups is 1. The number of furan rings is 1. The number of rotatable bonds is 5. The Labute approximate surface area is 154 Å². The molecule has 2 heterocycles. The number of nitrogens with one attached hydrogen (secondary N) is 2. The molecule has 1 aliphatic carbocycles. The Hall–Kier alpha value is -2.28. The largest absolute Gasteiger partial charge is 0.466 e. The van der Waals surface area contributed by atoms with E-state index in [0.29, 0.717) is 24.3 Å². The van der Waals surface area contributed by atoms with Gasteiger partial charge in [-0.05, 0) is 51.3 Å². The molecule has 1 aliphatic rings. The first-order valence-corrected chi connectivity index (χ1v) is 9.19. The normalized spacial score (nSPS) is 19.9. The first-order chi connectivity index (χ1) is 12.4. The molecule has 0 aromatic carbocycles. The van der Waals surface area contributed by atoms with E-state index in [-0.39, 0.29) is 6.04 Å². The van der Waals surface area contributed by atoms with E-state index in [1.54, 1.807) is 32.4 Å². The molecule has 0 aliphatic heterocycles. The predicted molar refractivity (Wildman–Crippen MR) is 101 cm³/mol. The fourth-order valence-corrected chi connectivity index (χ4v) is 3.22. The van der Waals surface area contributed by atoms with Crippen molar-refractivity contribution in [3.63, 3.8) is 0 Å². The summed E-state index contributed by atoms with van der Waals surface area (Å²) in [5.41, 5.74) is 1.41. The lowest BCUT2D eigenvalue weighted by Gasteiger charge is -2.27. The lowest BCUT2D eigenvalue weighted by atomic mass is 9.94. The van der Waals surface area contributed by atoms with Gasteiger partial charge in [0.15, 0.2) is 5.96 Å². The van der Waals surface area contributed by atoms with Gasteiger partial charge in [0.25, 0.3) is 0 Å². The maximum absolute atomic E-state index is 10.6. The minimum absolute atomic E-state index is 0.276. The SMILES string of the molecule is CN=C(NCC(C)(O)c1ccco1)NC1CCc2cn(C(C)C)nc2C1. The molecular weight excluding hydrogens is 330 g/mol. The Bertz CT molecular complexity index is 746. The fraction of sp³-hybridized carbons (Fsp3) is 0.579. The Morgan fingerprint density at radius 3 is 3.00 bits per heavy atom. The van der Waals surface area contributed by atoms with E-state index in [0.717, 1.165) is 19.3 Å². The van der Waals surface area contributed by atoms with Crippen LogP contribution in [0.3, 0.4) is 0 Å². The molecule has 0 spiro atoms. The second-order valence-corrected chi connectivity index (χ2v) is 7.44. The average Bonchev–Trinajstić information content (AvgIpc) is 3.27. The second kappa shape index (κ2) is 7.53. The van der Waals surface area contributed by atoms with Crippen LogP contribution in [0, 0.1) is 0 Å². The number of guanidine groups is 1. The fourth-order valence-electron chi connectivity index (χ4n) is 3.22. The summed E-state index contributed by atoms with van der Waals surface area (Å²) < 4.78 is 7.36. The molecule has 2 aromatic heterocycles. The van der Waals surface area contributed by atoms with Crippen molar-refractivity contribution in [2.24, 2.45) is 4.99 Å².